The molecular formula is C24H21ClN2O4. The van der Waals surface area contributed by atoms with Crippen molar-refractivity contribution in [1.82, 2.24) is 10.3 Å². The third kappa shape index (κ3) is 5.77. The third-order valence-corrected chi connectivity index (χ3v) is 4.82. The Morgan fingerprint density at radius 3 is 2.77 bits per heavy atom. The van der Waals surface area contributed by atoms with Gasteiger partial charge in [-0.05, 0) is 53.6 Å². The lowest BCUT2D eigenvalue weighted by Gasteiger charge is -2.20. The molecule has 4 rings (SSSR count). The van der Waals surface area contributed by atoms with Crippen LogP contribution in [0.1, 0.15) is 16.8 Å². The van der Waals surface area contributed by atoms with E-state index in [1.54, 1.807) is 18.3 Å². The van der Waals surface area contributed by atoms with Gasteiger partial charge in [0.25, 0.3) is 0 Å². The number of nitrogens with one attached hydrogen (secondary N) is 1. The lowest BCUT2D eigenvalue weighted by molar-refractivity contribution is -0.116. The topological polar surface area (TPSA) is 69.7 Å². The van der Waals surface area contributed by atoms with E-state index in [1.807, 2.05) is 48.5 Å². The van der Waals surface area contributed by atoms with Crippen molar-refractivity contribution in [1.29, 1.82) is 0 Å². The van der Waals surface area contributed by atoms with E-state index in [2.05, 4.69) is 10.3 Å². The summed E-state index contributed by atoms with van der Waals surface area (Å²) in [5.41, 5.74) is 2.59. The third-order valence-electron chi connectivity index (χ3n) is 4.54. The van der Waals surface area contributed by atoms with Crippen LogP contribution in [0.15, 0.2) is 66.9 Å². The van der Waals surface area contributed by atoms with E-state index in [1.165, 1.54) is 6.08 Å². The normalized spacial score (nSPS) is 12.5. The quantitative estimate of drug-likeness (QED) is 0.555. The molecule has 0 aliphatic carbocycles. The fraction of sp³-hybridized carbons (Fsp3) is 0.167. The Labute approximate surface area is 185 Å². The van der Waals surface area contributed by atoms with E-state index >= 15 is 0 Å². The highest BCUT2D eigenvalue weighted by Crippen LogP contribution is 2.38. The van der Waals surface area contributed by atoms with Crippen molar-refractivity contribution in [3.8, 4) is 17.2 Å². The highest BCUT2D eigenvalue weighted by Gasteiger charge is 2.16. The van der Waals surface area contributed by atoms with Gasteiger partial charge in [-0.1, -0.05) is 29.8 Å². The summed E-state index contributed by atoms with van der Waals surface area (Å²) in [7, 11) is 0. The van der Waals surface area contributed by atoms with E-state index in [-0.39, 0.29) is 5.91 Å². The summed E-state index contributed by atoms with van der Waals surface area (Å²) in [4.78, 5) is 16.4. The number of carbonyl (C=O) groups is 1. The zero-order valence-electron chi connectivity index (χ0n) is 16.7. The molecule has 158 valence electrons. The van der Waals surface area contributed by atoms with Crippen LogP contribution >= 0.6 is 11.6 Å². The molecule has 1 aliphatic heterocycles. The van der Waals surface area contributed by atoms with Gasteiger partial charge in [0, 0.05) is 18.8 Å². The molecule has 2 heterocycles. The number of aromatic nitrogens is 1. The average molecular weight is 437 g/mol. The summed E-state index contributed by atoms with van der Waals surface area (Å²) >= 11 is 6.23. The molecule has 0 saturated heterocycles. The monoisotopic (exact) mass is 436 g/mol. The van der Waals surface area contributed by atoms with Crippen LogP contribution in [0.5, 0.6) is 17.2 Å². The first-order chi connectivity index (χ1) is 15.2. The number of halogens is 1. The van der Waals surface area contributed by atoms with Crippen LogP contribution in [0.4, 0.5) is 0 Å². The summed E-state index contributed by atoms with van der Waals surface area (Å²) in [6, 6.07) is 16.8. The highest BCUT2D eigenvalue weighted by atomic mass is 35.5. The number of amides is 1. The maximum atomic E-state index is 12.2. The fourth-order valence-corrected chi connectivity index (χ4v) is 3.29. The van der Waals surface area contributed by atoms with Gasteiger partial charge in [-0.25, -0.2) is 0 Å². The minimum absolute atomic E-state index is 0.207. The van der Waals surface area contributed by atoms with Crippen LogP contribution in [0.2, 0.25) is 5.02 Å². The average Bonchev–Trinajstić information content (AvgIpc) is 2.81. The van der Waals surface area contributed by atoms with Crippen LogP contribution < -0.4 is 19.5 Å². The summed E-state index contributed by atoms with van der Waals surface area (Å²) in [6.45, 7) is 1.70. The Morgan fingerprint density at radius 1 is 1.13 bits per heavy atom. The largest absolute Gasteiger partial charge is 0.487 e. The van der Waals surface area contributed by atoms with Gasteiger partial charge in [-0.15, -0.1) is 0 Å². The van der Waals surface area contributed by atoms with Crippen molar-refractivity contribution in [2.45, 2.75) is 13.2 Å². The Morgan fingerprint density at radius 2 is 1.97 bits per heavy atom. The molecule has 6 nitrogen and oxygen atoms in total. The van der Waals surface area contributed by atoms with Gasteiger partial charge in [-0.3, -0.25) is 9.78 Å². The van der Waals surface area contributed by atoms with Crippen molar-refractivity contribution in [3.05, 3.63) is 88.7 Å². The summed E-state index contributed by atoms with van der Waals surface area (Å²) in [5.74, 6) is 1.68. The van der Waals surface area contributed by atoms with Crippen LogP contribution in [0.25, 0.3) is 6.08 Å². The molecule has 0 bridgehead atoms. The highest BCUT2D eigenvalue weighted by molar-refractivity contribution is 6.32. The molecule has 1 N–H and O–H groups in total. The van der Waals surface area contributed by atoms with Gasteiger partial charge >= 0.3 is 0 Å². The number of rotatable bonds is 7. The van der Waals surface area contributed by atoms with Gasteiger partial charge in [0.05, 0.1) is 10.7 Å². The molecule has 7 heteroatoms. The lowest BCUT2D eigenvalue weighted by Crippen LogP contribution is -2.21. The standard InChI is InChI=1S/C24H21ClN2O4/c25-21-13-18(14-22-24(21)30-12-11-29-22)15-27-23(28)9-6-17-4-7-20(8-5-17)31-16-19-3-1-2-10-26-19/h1-10,13-14H,11-12,15-16H2,(H,27,28)/b9-6+. The fourth-order valence-electron chi connectivity index (χ4n) is 3.00. The first-order valence-electron chi connectivity index (χ1n) is 9.84. The number of ether oxygens (including phenoxy) is 3. The molecule has 0 radical (unpaired) electrons. The summed E-state index contributed by atoms with van der Waals surface area (Å²) < 4.78 is 16.8. The van der Waals surface area contributed by atoms with E-state index < -0.39 is 0 Å². The number of hydrogen-bond donors (Lipinski definition) is 1. The maximum absolute atomic E-state index is 12.2. The second-order valence-corrected chi connectivity index (χ2v) is 7.24. The summed E-state index contributed by atoms with van der Waals surface area (Å²) in [6.07, 6.45) is 4.97. The minimum Gasteiger partial charge on any atom is -0.487 e. The molecule has 31 heavy (non-hydrogen) atoms. The zero-order chi connectivity index (χ0) is 21.5. The molecule has 1 amide bonds. The summed E-state index contributed by atoms with van der Waals surface area (Å²) in [5, 5.41) is 3.32. The molecule has 0 saturated carbocycles. The van der Waals surface area contributed by atoms with Gasteiger partial charge in [0.15, 0.2) is 11.5 Å². The molecule has 0 fully saturated rings. The molecule has 0 spiro atoms. The second-order valence-electron chi connectivity index (χ2n) is 6.83. The van der Waals surface area contributed by atoms with Crippen LogP contribution in [-0.4, -0.2) is 24.1 Å². The van der Waals surface area contributed by atoms with Gasteiger partial charge in [0.2, 0.25) is 5.91 Å². The SMILES string of the molecule is O=C(/C=C/c1ccc(OCc2ccccn2)cc1)NCc1cc(Cl)c2c(c1)OCCO2. The number of nitrogens with zero attached hydrogens (tertiary/aromatic N) is 1. The molecule has 0 unspecified atom stereocenters. The van der Waals surface area contributed by atoms with Crippen LogP contribution in [-0.2, 0) is 17.9 Å². The van der Waals surface area contributed by atoms with E-state index in [0.717, 1.165) is 22.6 Å². The Bertz CT molecular complexity index is 1070. The Kier molecular flexibility index (Phi) is 6.69. The van der Waals surface area contributed by atoms with Crippen molar-refractivity contribution < 1.29 is 19.0 Å². The predicted molar refractivity (Wildman–Crippen MR) is 118 cm³/mol. The number of fused-ring (bicyclic) bond motifs is 1. The first kappa shape index (κ1) is 20.8. The zero-order valence-corrected chi connectivity index (χ0v) is 17.5. The van der Waals surface area contributed by atoms with Crippen molar-refractivity contribution >= 4 is 23.6 Å². The molecule has 0 atom stereocenters. The number of hydrogen-bond acceptors (Lipinski definition) is 5. The first-order valence-corrected chi connectivity index (χ1v) is 10.2. The van der Waals surface area contributed by atoms with E-state index in [9.17, 15) is 4.79 Å². The second kappa shape index (κ2) is 10.00. The van der Waals surface area contributed by atoms with Gasteiger partial charge in [-0.2, -0.15) is 0 Å². The Balaban J connectivity index is 1.27. The van der Waals surface area contributed by atoms with Crippen LogP contribution in [0, 0.1) is 0 Å². The Hall–Kier alpha value is -3.51. The molecule has 1 aromatic heterocycles. The number of carbonyl (C=O) groups excluding carboxylic acids is 1. The lowest BCUT2D eigenvalue weighted by atomic mass is 10.2. The van der Waals surface area contributed by atoms with E-state index in [4.69, 9.17) is 25.8 Å². The molecular weight excluding hydrogens is 416 g/mol. The molecule has 3 aromatic rings. The minimum atomic E-state index is -0.207. The van der Waals surface area contributed by atoms with Crippen LogP contribution in [0.3, 0.4) is 0 Å². The maximum Gasteiger partial charge on any atom is 0.244 e. The number of benzene rings is 2. The van der Waals surface area contributed by atoms with Crippen molar-refractivity contribution in [2.24, 2.45) is 0 Å². The number of pyridine rings is 1. The predicted octanol–water partition coefficient (Wildman–Crippen LogP) is 4.41. The van der Waals surface area contributed by atoms with Gasteiger partial charge < -0.3 is 19.5 Å². The molecule has 2 aromatic carbocycles. The van der Waals surface area contributed by atoms with Crippen molar-refractivity contribution in [2.75, 3.05) is 13.2 Å². The van der Waals surface area contributed by atoms with E-state index in [0.29, 0.717) is 42.9 Å². The molecule has 1 aliphatic rings. The van der Waals surface area contributed by atoms with Crippen molar-refractivity contribution in [3.63, 3.8) is 0 Å². The smallest absolute Gasteiger partial charge is 0.244 e. The van der Waals surface area contributed by atoms with Gasteiger partial charge in [0.1, 0.15) is 25.6 Å².